The van der Waals surface area contributed by atoms with Crippen LogP contribution >= 0.6 is 11.6 Å². The highest BCUT2D eigenvalue weighted by Gasteiger charge is 2.25. The number of hydrogen-bond acceptors (Lipinski definition) is 4. The number of rotatable bonds is 6. The van der Waals surface area contributed by atoms with E-state index in [2.05, 4.69) is 10.3 Å². The maximum atomic E-state index is 13.4. The lowest BCUT2D eigenvalue weighted by Gasteiger charge is -2.18. The molecule has 0 spiro atoms. The third-order valence-corrected chi connectivity index (χ3v) is 6.47. The van der Waals surface area contributed by atoms with Crippen molar-refractivity contribution < 1.29 is 14.3 Å². The molecule has 1 aromatic heterocycles. The molecule has 4 aromatic rings. The number of amides is 2. The number of aromatic nitrogens is 1. The molecule has 6 nitrogen and oxygen atoms in total. The average Bonchev–Trinajstić information content (AvgIpc) is 3.33. The van der Waals surface area contributed by atoms with Gasteiger partial charge < -0.3 is 15.0 Å². The van der Waals surface area contributed by atoms with Gasteiger partial charge in [-0.3, -0.25) is 14.6 Å². The van der Waals surface area contributed by atoms with E-state index in [0.717, 1.165) is 28.9 Å². The van der Waals surface area contributed by atoms with Crippen molar-refractivity contribution >= 4 is 34.8 Å². The molecule has 180 valence electrons. The van der Waals surface area contributed by atoms with Crippen molar-refractivity contribution in [2.75, 3.05) is 23.9 Å². The molecule has 0 fully saturated rings. The average molecular weight is 498 g/mol. The summed E-state index contributed by atoms with van der Waals surface area (Å²) >= 11 is 6.06. The van der Waals surface area contributed by atoms with E-state index in [1.54, 1.807) is 42.5 Å². The number of carbonyl (C=O) groups is 2. The number of halogens is 1. The zero-order chi connectivity index (χ0) is 25.1. The maximum Gasteiger partial charge on any atom is 0.256 e. The van der Waals surface area contributed by atoms with Crippen LogP contribution in [-0.2, 0) is 17.6 Å². The number of nitrogens with one attached hydrogen (secondary N) is 1. The van der Waals surface area contributed by atoms with Gasteiger partial charge in [-0.1, -0.05) is 35.9 Å². The summed E-state index contributed by atoms with van der Waals surface area (Å²) in [6, 6.07) is 23.9. The molecule has 1 aliphatic heterocycles. The Bertz CT molecular complexity index is 1420. The fourth-order valence-corrected chi connectivity index (χ4v) is 4.62. The minimum Gasteiger partial charge on any atom is -0.496 e. The second-order valence-corrected chi connectivity index (χ2v) is 8.92. The van der Waals surface area contributed by atoms with E-state index in [1.165, 1.54) is 0 Å². The van der Waals surface area contributed by atoms with E-state index in [4.69, 9.17) is 16.3 Å². The molecule has 2 amide bonds. The lowest BCUT2D eigenvalue weighted by atomic mass is 9.98. The molecule has 2 heterocycles. The third-order valence-electron chi connectivity index (χ3n) is 6.22. The van der Waals surface area contributed by atoms with Gasteiger partial charge in [-0.2, -0.15) is 0 Å². The van der Waals surface area contributed by atoms with Gasteiger partial charge in [-0.15, -0.1) is 0 Å². The molecule has 0 atom stereocenters. The smallest absolute Gasteiger partial charge is 0.256 e. The number of carbonyl (C=O) groups excluding carboxylic acids is 2. The van der Waals surface area contributed by atoms with Crippen molar-refractivity contribution in [3.05, 3.63) is 107 Å². The molecular formula is C29H24ClN3O3. The summed E-state index contributed by atoms with van der Waals surface area (Å²) in [4.78, 5) is 32.3. The summed E-state index contributed by atoms with van der Waals surface area (Å²) in [7, 11) is 1.58. The lowest BCUT2D eigenvalue weighted by Crippen LogP contribution is -2.30. The molecule has 36 heavy (non-hydrogen) atoms. The molecule has 7 heteroatoms. The Hall–Kier alpha value is -4.16. The third kappa shape index (κ3) is 4.81. The highest BCUT2D eigenvalue weighted by molar-refractivity contribution is 6.30. The van der Waals surface area contributed by atoms with Gasteiger partial charge in [-0.25, -0.2) is 0 Å². The fraction of sp³-hybridized carbons (Fsp3) is 0.138. The van der Waals surface area contributed by atoms with Gasteiger partial charge >= 0.3 is 0 Å². The van der Waals surface area contributed by atoms with Crippen LogP contribution in [0.5, 0.6) is 5.75 Å². The molecule has 5 rings (SSSR count). The Morgan fingerprint density at radius 3 is 2.61 bits per heavy atom. The van der Waals surface area contributed by atoms with Gasteiger partial charge in [-0.05, 0) is 72.1 Å². The molecule has 0 aliphatic carbocycles. The van der Waals surface area contributed by atoms with Crippen molar-refractivity contribution in [2.45, 2.75) is 12.8 Å². The standard InChI is InChI=1S/C29H24ClN3O3/c1-36-26-7-4-6-24(28(26)19-8-10-21(30)11-9-19)29(35)32-23-12-13-25-20(17-23)14-16-33(25)27(34)18-22-5-2-3-15-31-22/h2-13,15,17H,14,16,18H2,1H3,(H,32,35). The predicted octanol–water partition coefficient (Wildman–Crippen LogP) is 5.79. The number of benzene rings is 3. The van der Waals surface area contributed by atoms with Gasteiger partial charge in [0.2, 0.25) is 5.91 Å². The highest BCUT2D eigenvalue weighted by Crippen LogP contribution is 2.35. The van der Waals surface area contributed by atoms with Crippen LogP contribution in [0.4, 0.5) is 11.4 Å². The van der Waals surface area contributed by atoms with E-state index in [1.807, 2.05) is 54.6 Å². The van der Waals surface area contributed by atoms with Crippen molar-refractivity contribution in [1.29, 1.82) is 0 Å². The topological polar surface area (TPSA) is 71.5 Å². The molecule has 1 aliphatic rings. The summed E-state index contributed by atoms with van der Waals surface area (Å²) < 4.78 is 5.55. The normalized spacial score (nSPS) is 12.2. The number of methoxy groups -OCH3 is 1. The lowest BCUT2D eigenvalue weighted by molar-refractivity contribution is -0.117. The van der Waals surface area contributed by atoms with Gasteiger partial charge in [0.05, 0.1) is 19.1 Å². The Kier molecular flexibility index (Phi) is 6.69. The summed E-state index contributed by atoms with van der Waals surface area (Å²) in [6.45, 7) is 0.606. The summed E-state index contributed by atoms with van der Waals surface area (Å²) in [5.41, 5.74) is 5.32. The van der Waals surface area contributed by atoms with Gasteiger partial charge in [0.15, 0.2) is 0 Å². The first-order valence-electron chi connectivity index (χ1n) is 11.6. The molecule has 0 saturated heterocycles. The summed E-state index contributed by atoms with van der Waals surface area (Å²) in [5, 5.41) is 3.63. The summed E-state index contributed by atoms with van der Waals surface area (Å²) in [5.74, 6) is 0.356. The Balaban J connectivity index is 1.37. The number of nitrogens with zero attached hydrogens (tertiary/aromatic N) is 2. The molecule has 1 N–H and O–H groups in total. The van der Waals surface area contributed by atoms with Gasteiger partial charge in [0, 0.05) is 40.4 Å². The molecule has 0 radical (unpaired) electrons. The van der Waals surface area contributed by atoms with Crippen molar-refractivity contribution in [3.8, 4) is 16.9 Å². The quantitative estimate of drug-likeness (QED) is 0.366. The zero-order valence-corrected chi connectivity index (χ0v) is 20.5. The SMILES string of the molecule is COc1cccc(C(=O)Nc2ccc3c(c2)CCN3C(=O)Cc2ccccn2)c1-c1ccc(Cl)cc1. The first-order chi connectivity index (χ1) is 17.5. The molecular weight excluding hydrogens is 474 g/mol. The number of hydrogen-bond donors (Lipinski definition) is 1. The van der Waals surface area contributed by atoms with Gasteiger partial charge in [0.1, 0.15) is 5.75 Å². The van der Waals surface area contributed by atoms with Crippen LogP contribution in [-0.4, -0.2) is 30.5 Å². The fourth-order valence-electron chi connectivity index (χ4n) is 4.49. The summed E-state index contributed by atoms with van der Waals surface area (Å²) in [6.07, 6.45) is 2.67. The number of anilines is 2. The second kappa shape index (κ2) is 10.2. The zero-order valence-electron chi connectivity index (χ0n) is 19.7. The minimum atomic E-state index is -0.250. The van der Waals surface area contributed by atoms with E-state index in [0.29, 0.717) is 34.1 Å². The van der Waals surface area contributed by atoms with E-state index < -0.39 is 0 Å². The Morgan fingerprint density at radius 1 is 1.03 bits per heavy atom. The first-order valence-corrected chi connectivity index (χ1v) is 12.0. The maximum absolute atomic E-state index is 13.4. The number of fused-ring (bicyclic) bond motifs is 1. The second-order valence-electron chi connectivity index (χ2n) is 8.48. The van der Waals surface area contributed by atoms with E-state index >= 15 is 0 Å². The molecule has 0 bridgehead atoms. The van der Waals surface area contributed by atoms with Crippen LogP contribution in [0.15, 0.2) is 85.1 Å². The van der Waals surface area contributed by atoms with Crippen LogP contribution < -0.4 is 15.0 Å². The van der Waals surface area contributed by atoms with Crippen molar-refractivity contribution in [3.63, 3.8) is 0 Å². The van der Waals surface area contributed by atoms with Gasteiger partial charge in [0.25, 0.3) is 5.91 Å². The van der Waals surface area contributed by atoms with Crippen molar-refractivity contribution in [2.24, 2.45) is 0 Å². The molecule has 0 unspecified atom stereocenters. The van der Waals surface area contributed by atoms with E-state index in [9.17, 15) is 9.59 Å². The number of ether oxygens (including phenoxy) is 1. The largest absolute Gasteiger partial charge is 0.496 e. The van der Waals surface area contributed by atoms with Crippen LogP contribution in [0.25, 0.3) is 11.1 Å². The van der Waals surface area contributed by atoms with E-state index in [-0.39, 0.29) is 18.2 Å². The monoisotopic (exact) mass is 497 g/mol. The minimum absolute atomic E-state index is 0.00761. The van der Waals surface area contributed by atoms with Crippen LogP contribution in [0.3, 0.4) is 0 Å². The van der Waals surface area contributed by atoms with Crippen LogP contribution in [0.2, 0.25) is 5.02 Å². The first kappa shape index (κ1) is 23.6. The van der Waals surface area contributed by atoms with Crippen LogP contribution in [0, 0.1) is 0 Å². The Morgan fingerprint density at radius 2 is 1.86 bits per heavy atom. The predicted molar refractivity (Wildman–Crippen MR) is 142 cm³/mol. The van der Waals surface area contributed by atoms with Crippen molar-refractivity contribution in [1.82, 2.24) is 4.98 Å². The molecule has 0 saturated carbocycles. The van der Waals surface area contributed by atoms with Crippen LogP contribution in [0.1, 0.15) is 21.6 Å². The number of pyridine rings is 1. The molecule has 3 aromatic carbocycles. The Labute approximate surface area is 214 Å². The highest BCUT2D eigenvalue weighted by atomic mass is 35.5.